The van der Waals surface area contributed by atoms with E-state index in [1.165, 1.54) is 12.1 Å². The number of benzene rings is 1. The molecule has 0 fully saturated rings. The SMILES string of the molecule is CC(C)NCc1ccc(CS(=O)(=O)c2ccc(Cl)cc2)o1. The van der Waals surface area contributed by atoms with Gasteiger partial charge in [0.15, 0.2) is 9.84 Å². The van der Waals surface area contributed by atoms with E-state index in [1.807, 2.05) is 13.8 Å². The lowest BCUT2D eigenvalue weighted by atomic mass is 10.3. The van der Waals surface area contributed by atoms with Crippen LogP contribution in [-0.4, -0.2) is 14.5 Å². The van der Waals surface area contributed by atoms with Gasteiger partial charge in [-0.1, -0.05) is 25.4 Å². The van der Waals surface area contributed by atoms with Crippen LogP contribution in [0.5, 0.6) is 0 Å². The number of nitrogens with one attached hydrogen (secondary N) is 1. The molecule has 0 saturated carbocycles. The molecule has 0 aliphatic heterocycles. The Morgan fingerprint density at radius 2 is 1.71 bits per heavy atom. The first-order valence-electron chi connectivity index (χ1n) is 6.66. The second kappa shape index (κ2) is 6.64. The number of furan rings is 1. The third-order valence-electron chi connectivity index (χ3n) is 2.91. The molecule has 2 aromatic rings. The van der Waals surface area contributed by atoms with E-state index >= 15 is 0 Å². The van der Waals surface area contributed by atoms with Gasteiger partial charge in [-0.25, -0.2) is 8.42 Å². The zero-order chi connectivity index (χ0) is 15.5. The molecule has 6 heteroatoms. The molecule has 1 aromatic heterocycles. The van der Waals surface area contributed by atoms with Crippen LogP contribution < -0.4 is 5.32 Å². The highest BCUT2D eigenvalue weighted by Crippen LogP contribution is 2.20. The van der Waals surface area contributed by atoms with Gasteiger partial charge in [0, 0.05) is 11.1 Å². The number of halogens is 1. The van der Waals surface area contributed by atoms with Crippen LogP contribution in [0.25, 0.3) is 0 Å². The number of hydrogen-bond donors (Lipinski definition) is 1. The average molecular weight is 328 g/mol. The Balaban J connectivity index is 2.08. The molecule has 21 heavy (non-hydrogen) atoms. The van der Waals surface area contributed by atoms with E-state index in [4.69, 9.17) is 16.0 Å². The summed E-state index contributed by atoms with van der Waals surface area (Å²) in [5, 5.41) is 3.73. The van der Waals surface area contributed by atoms with E-state index in [1.54, 1.807) is 24.3 Å². The predicted octanol–water partition coefficient (Wildman–Crippen LogP) is 3.40. The predicted molar refractivity (Wildman–Crippen MR) is 83.0 cm³/mol. The van der Waals surface area contributed by atoms with Gasteiger partial charge in [0.2, 0.25) is 0 Å². The average Bonchev–Trinajstić information content (AvgIpc) is 2.84. The van der Waals surface area contributed by atoms with Gasteiger partial charge in [-0.3, -0.25) is 0 Å². The quantitative estimate of drug-likeness (QED) is 0.883. The van der Waals surface area contributed by atoms with Crippen LogP contribution in [0.1, 0.15) is 25.4 Å². The Morgan fingerprint density at radius 1 is 1.10 bits per heavy atom. The fourth-order valence-corrected chi connectivity index (χ4v) is 3.19. The fourth-order valence-electron chi connectivity index (χ4n) is 1.81. The topological polar surface area (TPSA) is 59.3 Å². The van der Waals surface area contributed by atoms with E-state index in [-0.39, 0.29) is 10.6 Å². The summed E-state index contributed by atoms with van der Waals surface area (Å²) in [5.74, 6) is 1.01. The standard InChI is InChI=1S/C15H18ClNO3S/c1-11(2)17-9-13-5-6-14(20-13)10-21(18,19)15-7-3-12(16)4-8-15/h3-8,11,17H,9-10H2,1-2H3. The molecule has 0 radical (unpaired) electrons. The minimum absolute atomic E-state index is 0.156. The second-order valence-corrected chi connectivity index (χ2v) is 7.54. The Hall–Kier alpha value is -1.30. The van der Waals surface area contributed by atoms with Crippen LogP contribution in [0.15, 0.2) is 45.7 Å². The molecule has 0 bridgehead atoms. The molecule has 4 nitrogen and oxygen atoms in total. The Labute approximate surface area is 130 Å². The summed E-state index contributed by atoms with van der Waals surface area (Å²) in [5.41, 5.74) is 0. The maximum Gasteiger partial charge on any atom is 0.185 e. The normalized spacial score (nSPS) is 12.0. The molecule has 0 unspecified atom stereocenters. The van der Waals surface area contributed by atoms with Crippen molar-refractivity contribution < 1.29 is 12.8 Å². The summed E-state index contributed by atoms with van der Waals surface area (Å²) in [6.45, 7) is 4.66. The third kappa shape index (κ3) is 4.59. The number of sulfone groups is 1. The van der Waals surface area contributed by atoms with Crippen molar-refractivity contribution in [2.45, 2.75) is 37.1 Å². The monoisotopic (exact) mass is 327 g/mol. The fraction of sp³-hybridized carbons (Fsp3) is 0.333. The van der Waals surface area contributed by atoms with E-state index in [2.05, 4.69) is 5.32 Å². The molecular formula is C15H18ClNO3S. The van der Waals surface area contributed by atoms with Crippen molar-refractivity contribution in [2.75, 3.05) is 0 Å². The molecule has 0 aliphatic rings. The number of rotatable bonds is 6. The largest absolute Gasteiger partial charge is 0.464 e. The zero-order valence-corrected chi connectivity index (χ0v) is 13.5. The lowest BCUT2D eigenvalue weighted by Crippen LogP contribution is -2.21. The minimum atomic E-state index is -3.42. The van der Waals surface area contributed by atoms with Crippen LogP contribution in [-0.2, 0) is 22.1 Å². The van der Waals surface area contributed by atoms with Crippen molar-refractivity contribution in [3.8, 4) is 0 Å². The van der Waals surface area contributed by atoms with Gasteiger partial charge >= 0.3 is 0 Å². The van der Waals surface area contributed by atoms with Gasteiger partial charge in [0.05, 0.1) is 11.4 Å². The van der Waals surface area contributed by atoms with Crippen LogP contribution >= 0.6 is 11.6 Å². The molecule has 114 valence electrons. The Bertz CT molecular complexity index is 690. The highest BCUT2D eigenvalue weighted by atomic mass is 35.5. The molecule has 2 rings (SSSR count). The summed E-state index contributed by atoms with van der Waals surface area (Å²) in [7, 11) is -3.42. The first kappa shape index (κ1) is 16.1. The second-order valence-electron chi connectivity index (χ2n) is 5.12. The molecular weight excluding hydrogens is 310 g/mol. The molecule has 1 heterocycles. The van der Waals surface area contributed by atoms with Crippen molar-refractivity contribution >= 4 is 21.4 Å². The van der Waals surface area contributed by atoms with Gasteiger partial charge in [-0.15, -0.1) is 0 Å². The van der Waals surface area contributed by atoms with Crippen LogP contribution in [0.3, 0.4) is 0 Å². The van der Waals surface area contributed by atoms with Crippen LogP contribution in [0, 0.1) is 0 Å². The van der Waals surface area contributed by atoms with Crippen molar-refractivity contribution in [3.05, 3.63) is 52.9 Å². The van der Waals surface area contributed by atoms with Gasteiger partial charge in [0.1, 0.15) is 17.3 Å². The van der Waals surface area contributed by atoms with E-state index in [0.29, 0.717) is 23.4 Å². The van der Waals surface area contributed by atoms with E-state index < -0.39 is 9.84 Å². The lowest BCUT2D eigenvalue weighted by molar-refractivity contribution is 0.443. The van der Waals surface area contributed by atoms with E-state index in [9.17, 15) is 8.42 Å². The maximum absolute atomic E-state index is 12.3. The molecule has 0 amide bonds. The van der Waals surface area contributed by atoms with Crippen LogP contribution in [0.4, 0.5) is 0 Å². The van der Waals surface area contributed by atoms with Gasteiger partial charge in [-0.05, 0) is 36.4 Å². The molecule has 0 saturated heterocycles. The Morgan fingerprint density at radius 3 is 2.33 bits per heavy atom. The molecule has 1 aromatic carbocycles. The third-order valence-corrected chi connectivity index (χ3v) is 4.81. The highest BCUT2D eigenvalue weighted by molar-refractivity contribution is 7.90. The molecule has 1 N–H and O–H groups in total. The van der Waals surface area contributed by atoms with E-state index in [0.717, 1.165) is 5.76 Å². The van der Waals surface area contributed by atoms with Crippen molar-refractivity contribution in [1.82, 2.24) is 5.32 Å². The number of hydrogen-bond acceptors (Lipinski definition) is 4. The molecule has 0 spiro atoms. The smallest absolute Gasteiger partial charge is 0.185 e. The summed E-state index contributed by atoms with van der Waals surface area (Å²) in [4.78, 5) is 0.241. The summed E-state index contributed by atoms with van der Waals surface area (Å²) in [6, 6.07) is 9.97. The molecule has 0 atom stereocenters. The zero-order valence-electron chi connectivity index (χ0n) is 12.0. The van der Waals surface area contributed by atoms with Crippen LogP contribution in [0.2, 0.25) is 5.02 Å². The van der Waals surface area contributed by atoms with Gasteiger partial charge < -0.3 is 9.73 Å². The Kier molecular flexibility index (Phi) is 5.08. The molecule has 0 aliphatic carbocycles. The first-order valence-corrected chi connectivity index (χ1v) is 8.69. The van der Waals surface area contributed by atoms with Crippen molar-refractivity contribution in [2.24, 2.45) is 0 Å². The lowest BCUT2D eigenvalue weighted by Gasteiger charge is -2.05. The minimum Gasteiger partial charge on any atom is -0.464 e. The van der Waals surface area contributed by atoms with Crippen molar-refractivity contribution in [3.63, 3.8) is 0 Å². The summed E-state index contributed by atoms with van der Waals surface area (Å²) >= 11 is 5.77. The van der Waals surface area contributed by atoms with Gasteiger partial charge in [-0.2, -0.15) is 0 Å². The first-order chi connectivity index (χ1) is 9.87. The highest BCUT2D eigenvalue weighted by Gasteiger charge is 2.17. The summed E-state index contributed by atoms with van der Waals surface area (Å²) < 4.78 is 30.1. The van der Waals surface area contributed by atoms with Gasteiger partial charge in [0.25, 0.3) is 0 Å². The summed E-state index contributed by atoms with van der Waals surface area (Å²) in [6.07, 6.45) is 0. The van der Waals surface area contributed by atoms with Crippen molar-refractivity contribution in [1.29, 1.82) is 0 Å². The maximum atomic E-state index is 12.3.